The number of thioether (sulfide) groups is 1. The molecule has 1 aliphatic carbocycles. The van der Waals surface area contributed by atoms with Gasteiger partial charge in [0.15, 0.2) is 0 Å². The third-order valence-corrected chi connectivity index (χ3v) is 4.86. The van der Waals surface area contributed by atoms with Gasteiger partial charge in [0.25, 0.3) is 0 Å². The zero-order valence-electron chi connectivity index (χ0n) is 12.2. The highest BCUT2D eigenvalue weighted by Crippen LogP contribution is 2.32. The van der Waals surface area contributed by atoms with Crippen LogP contribution in [0.2, 0.25) is 0 Å². The van der Waals surface area contributed by atoms with Crippen molar-refractivity contribution in [2.24, 2.45) is 11.8 Å². The summed E-state index contributed by atoms with van der Waals surface area (Å²) in [6, 6.07) is 5.70. The molecule has 0 aromatic heterocycles. The largest absolute Gasteiger partial charge is 0.478 e. The molecule has 1 aromatic carbocycles. The average molecular weight is 293 g/mol. The summed E-state index contributed by atoms with van der Waals surface area (Å²) in [5.41, 5.74) is 1.18. The smallest absolute Gasteiger partial charge is 0.338 e. The molecule has 2 atom stereocenters. The minimum Gasteiger partial charge on any atom is -0.478 e. The third-order valence-electron chi connectivity index (χ3n) is 3.92. The van der Waals surface area contributed by atoms with E-state index in [1.54, 1.807) is 11.8 Å². The van der Waals surface area contributed by atoms with Gasteiger partial charge >= 0.3 is 5.97 Å². The van der Waals surface area contributed by atoms with Gasteiger partial charge in [0.1, 0.15) is 0 Å². The maximum absolute atomic E-state index is 11.5. The monoisotopic (exact) mass is 293 g/mol. The van der Waals surface area contributed by atoms with E-state index in [0.29, 0.717) is 11.5 Å². The summed E-state index contributed by atoms with van der Waals surface area (Å²) >= 11 is 1.58. The zero-order chi connectivity index (χ0) is 14.5. The number of hydrogen-bond donors (Lipinski definition) is 2. The predicted molar refractivity (Wildman–Crippen MR) is 84.8 cm³/mol. The van der Waals surface area contributed by atoms with Gasteiger partial charge in [-0.1, -0.05) is 26.3 Å². The summed E-state index contributed by atoms with van der Waals surface area (Å²) in [4.78, 5) is 12.4. The summed E-state index contributed by atoms with van der Waals surface area (Å²) in [6.45, 7) is 5.21. The molecule has 1 saturated carbocycles. The van der Waals surface area contributed by atoms with Crippen LogP contribution in [0.4, 0.5) is 5.69 Å². The Balaban J connectivity index is 2.10. The number of carboxylic acids is 1. The number of carbonyl (C=O) groups is 1. The van der Waals surface area contributed by atoms with Crippen LogP contribution in [0.3, 0.4) is 0 Å². The summed E-state index contributed by atoms with van der Waals surface area (Å²) in [5.74, 6) is 1.52. The van der Waals surface area contributed by atoms with Crippen LogP contribution >= 0.6 is 11.8 Å². The molecule has 0 amide bonds. The number of nitrogens with one attached hydrogen (secondary N) is 1. The van der Waals surface area contributed by atoms with E-state index in [-0.39, 0.29) is 0 Å². The topological polar surface area (TPSA) is 49.3 Å². The summed E-state index contributed by atoms with van der Waals surface area (Å²) in [5, 5.41) is 12.8. The number of aromatic carboxylic acids is 1. The highest BCUT2D eigenvalue weighted by Gasteiger charge is 2.22. The molecular formula is C16H23NO2S. The lowest BCUT2D eigenvalue weighted by atomic mass is 10.1. The SMILES string of the molecule is CCSc1cccc(NCC2CCC(C)C2)c1C(=O)O. The molecule has 20 heavy (non-hydrogen) atoms. The van der Waals surface area contributed by atoms with Crippen LogP contribution in [0.15, 0.2) is 23.1 Å². The quantitative estimate of drug-likeness (QED) is 0.766. The molecule has 0 saturated heterocycles. The van der Waals surface area contributed by atoms with Gasteiger partial charge in [-0.05, 0) is 42.6 Å². The van der Waals surface area contributed by atoms with Gasteiger partial charge < -0.3 is 10.4 Å². The number of rotatable bonds is 6. The van der Waals surface area contributed by atoms with Crippen molar-refractivity contribution in [3.05, 3.63) is 23.8 Å². The second-order valence-electron chi connectivity index (χ2n) is 5.58. The predicted octanol–water partition coefficient (Wildman–Crippen LogP) is 4.34. The fraction of sp³-hybridized carbons (Fsp3) is 0.562. The molecule has 1 aromatic rings. The Bertz CT molecular complexity index is 476. The van der Waals surface area contributed by atoms with Crippen LogP contribution in [0.25, 0.3) is 0 Å². The maximum atomic E-state index is 11.5. The zero-order valence-corrected chi connectivity index (χ0v) is 13.0. The van der Waals surface area contributed by atoms with Crippen LogP contribution in [-0.2, 0) is 0 Å². The first kappa shape index (κ1) is 15.2. The van der Waals surface area contributed by atoms with Gasteiger partial charge in [-0.2, -0.15) is 0 Å². The van der Waals surface area contributed by atoms with Crippen molar-refractivity contribution in [1.29, 1.82) is 0 Å². The lowest BCUT2D eigenvalue weighted by Crippen LogP contribution is -2.14. The van der Waals surface area contributed by atoms with Crippen LogP contribution in [0.1, 0.15) is 43.5 Å². The van der Waals surface area contributed by atoms with Crippen molar-refractivity contribution in [2.75, 3.05) is 17.6 Å². The number of hydrogen-bond acceptors (Lipinski definition) is 3. The summed E-state index contributed by atoms with van der Waals surface area (Å²) in [6.07, 6.45) is 3.79. The molecule has 1 fully saturated rings. The van der Waals surface area contributed by atoms with E-state index in [1.165, 1.54) is 19.3 Å². The van der Waals surface area contributed by atoms with Crippen LogP contribution in [0, 0.1) is 11.8 Å². The average Bonchev–Trinajstić information content (AvgIpc) is 2.82. The third kappa shape index (κ3) is 3.69. The first-order valence-electron chi connectivity index (χ1n) is 7.34. The summed E-state index contributed by atoms with van der Waals surface area (Å²) in [7, 11) is 0. The van der Waals surface area contributed by atoms with E-state index in [2.05, 4.69) is 12.2 Å². The lowest BCUT2D eigenvalue weighted by Gasteiger charge is -2.16. The normalized spacial score (nSPS) is 21.9. The molecule has 2 unspecified atom stereocenters. The van der Waals surface area contributed by atoms with Gasteiger partial charge in [0.05, 0.1) is 5.56 Å². The Labute approximate surface area is 125 Å². The van der Waals surface area contributed by atoms with Crippen molar-refractivity contribution in [1.82, 2.24) is 0 Å². The number of anilines is 1. The van der Waals surface area contributed by atoms with Gasteiger partial charge in [-0.15, -0.1) is 11.8 Å². The molecule has 2 N–H and O–H groups in total. The van der Waals surface area contributed by atoms with Gasteiger partial charge in [-0.25, -0.2) is 4.79 Å². The molecule has 0 bridgehead atoms. The van der Waals surface area contributed by atoms with Crippen LogP contribution < -0.4 is 5.32 Å². The second kappa shape index (κ2) is 7.02. The molecule has 0 heterocycles. The second-order valence-corrected chi connectivity index (χ2v) is 6.89. The van der Waals surface area contributed by atoms with Crippen LogP contribution in [-0.4, -0.2) is 23.4 Å². The Morgan fingerprint density at radius 3 is 2.85 bits per heavy atom. The lowest BCUT2D eigenvalue weighted by molar-refractivity contribution is 0.0694. The molecule has 4 heteroatoms. The van der Waals surface area contributed by atoms with Crippen LogP contribution in [0.5, 0.6) is 0 Å². The Hall–Kier alpha value is -1.16. The molecule has 0 radical (unpaired) electrons. The molecule has 3 nitrogen and oxygen atoms in total. The fourth-order valence-corrected chi connectivity index (χ4v) is 3.77. The first-order valence-corrected chi connectivity index (χ1v) is 8.33. The molecule has 1 aliphatic rings. The van der Waals surface area contributed by atoms with Crippen molar-refractivity contribution in [3.8, 4) is 0 Å². The molecular weight excluding hydrogens is 270 g/mol. The van der Waals surface area contributed by atoms with E-state index in [4.69, 9.17) is 0 Å². The van der Waals surface area contributed by atoms with E-state index in [1.807, 2.05) is 25.1 Å². The Kier molecular flexibility index (Phi) is 5.35. The highest BCUT2D eigenvalue weighted by atomic mass is 32.2. The van der Waals surface area contributed by atoms with E-state index in [9.17, 15) is 9.90 Å². The van der Waals surface area contributed by atoms with Crippen molar-refractivity contribution >= 4 is 23.4 Å². The number of carboxylic acid groups (broad SMARTS) is 1. The standard InChI is InChI=1S/C16H23NO2S/c1-3-20-14-6-4-5-13(15(14)16(18)19)17-10-12-8-7-11(2)9-12/h4-6,11-12,17H,3,7-10H2,1-2H3,(H,18,19). The fourth-order valence-electron chi connectivity index (χ4n) is 2.94. The van der Waals surface area contributed by atoms with Crippen molar-refractivity contribution in [3.63, 3.8) is 0 Å². The number of benzene rings is 1. The summed E-state index contributed by atoms with van der Waals surface area (Å²) < 4.78 is 0. The minimum atomic E-state index is -0.844. The van der Waals surface area contributed by atoms with E-state index in [0.717, 1.165) is 28.8 Å². The van der Waals surface area contributed by atoms with E-state index < -0.39 is 5.97 Å². The highest BCUT2D eigenvalue weighted by molar-refractivity contribution is 7.99. The van der Waals surface area contributed by atoms with Crippen molar-refractivity contribution in [2.45, 2.75) is 38.0 Å². The van der Waals surface area contributed by atoms with Gasteiger partial charge in [-0.3, -0.25) is 0 Å². The van der Waals surface area contributed by atoms with Crippen molar-refractivity contribution < 1.29 is 9.90 Å². The molecule has 2 rings (SSSR count). The minimum absolute atomic E-state index is 0.422. The first-order chi connectivity index (χ1) is 9.61. The Morgan fingerprint density at radius 2 is 2.25 bits per heavy atom. The van der Waals surface area contributed by atoms with E-state index >= 15 is 0 Å². The molecule has 0 spiro atoms. The molecule has 0 aliphatic heterocycles. The molecule has 110 valence electrons. The Morgan fingerprint density at radius 1 is 1.45 bits per heavy atom. The maximum Gasteiger partial charge on any atom is 0.338 e. The van der Waals surface area contributed by atoms with Gasteiger partial charge in [0.2, 0.25) is 0 Å². The van der Waals surface area contributed by atoms with Gasteiger partial charge in [0, 0.05) is 17.1 Å².